The number of aromatic carboxylic acids is 1. The van der Waals surface area contributed by atoms with Crippen LogP contribution in [0.5, 0.6) is 0 Å². The highest BCUT2D eigenvalue weighted by molar-refractivity contribution is 6.03. The van der Waals surface area contributed by atoms with Crippen molar-refractivity contribution in [2.45, 2.75) is 25.4 Å². The van der Waals surface area contributed by atoms with Crippen LogP contribution in [0.1, 0.15) is 40.6 Å². The summed E-state index contributed by atoms with van der Waals surface area (Å²) in [5.74, 6) is -1.23. The van der Waals surface area contributed by atoms with Gasteiger partial charge in [0.15, 0.2) is 5.78 Å². The van der Waals surface area contributed by atoms with Gasteiger partial charge < -0.3 is 14.8 Å². The van der Waals surface area contributed by atoms with Crippen LogP contribution in [-0.2, 0) is 4.74 Å². The SMILES string of the molecule is CC1(C(=O)c2c[nH]c(C(=O)O)c2)CCCO1. The van der Waals surface area contributed by atoms with Crippen LogP contribution in [0.2, 0.25) is 0 Å². The normalized spacial score (nSPS) is 24.6. The van der Waals surface area contributed by atoms with Gasteiger partial charge in [0.25, 0.3) is 0 Å². The van der Waals surface area contributed by atoms with E-state index in [1.54, 1.807) is 6.92 Å². The number of carboxylic acid groups (broad SMARTS) is 1. The van der Waals surface area contributed by atoms with Gasteiger partial charge in [0.05, 0.1) is 0 Å². The summed E-state index contributed by atoms with van der Waals surface area (Å²) in [6.07, 6.45) is 2.95. The summed E-state index contributed by atoms with van der Waals surface area (Å²) in [7, 11) is 0. The molecular weight excluding hydrogens is 210 g/mol. The Balaban J connectivity index is 2.23. The zero-order valence-corrected chi connectivity index (χ0v) is 8.95. The number of rotatable bonds is 3. The fourth-order valence-corrected chi connectivity index (χ4v) is 1.91. The topological polar surface area (TPSA) is 79.4 Å². The van der Waals surface area contributed by atoms with E-state index in [2.05, 4.69) is 4.98 Å². The van der Waals surface area contributed by atoms with Crippen molar-refractivity contribution in [1.82, 2.24) is 4.98 Å². The standard InChI is InChI=1S/C11H13NO4/c1-11(3-2-4-16-11)9(13)7-5-8(10(14)15)12-6-7/h5-6,12H,2-4H2,1H3,(H,14,15). The largest absolute Gasteiger partial charge is 0.477 e. The van der Waals surface area contributed by atoms with E-state index in [4.69, 9.17) is 9.84 Å². The number of Topliss-reactive ketones (excluding diaryl/α,β-unsaturated/α-hetero) is 1. The molecule has 86 valence electrons. The van der Waals surface area contributed by atoms with Gasteiger partial charge in [0, 0.05) is 18.4 Å². The molecule has 0 bridgehead atoms. The number of carboxylic acids is 1. The number of hydrogen-bond donors (Lipinski definition) is 2. The van der Waals surface area contributed by atoms with E-state index in [0.717, 1.165) is 6.42 Å². The summed E-state index contributed by atoms with van der Waals surface area (Å²) < 4.78 is 5.42. The summed E-state index contributed by atoms with van der Waals surface area (Å²) in [6.45, 7) is 2.33. The van der Waals surface area contributed by atoms with Crippen molar-refractivity contribution in [3.05, 3.63) is 23.5 Å². The molecule has 1 fully saturated rings. The molecule has 1 unspecified atom stereocenters. The minimum Gasteiger partial charge on any atom is -0.477 e. The minimum absolute atomic E-state index is 0.0185. The molecule has 2 rings (SSSR count). The van der Waals surface area contributed by atoms with Crippen molar-refractivity contribution in [3.63, 3.8) is 0 Å². The van der Waals surface area contributed by atoms with E-state index in [1.807, 2.05) is 0 Å². The van der Waals surface area contributed by atoms with E-state index >= 15 is 0 Å². The van der Waals surface area contributed by atoms with Crippen molar-refractivity contribution in [2.75, 3.05) is 6.61 Å². The minimum atomic E-state index is -1.07. The Morgan fingerprint density at radius 1 is 1.56 bits per heavy atom. The molecule has 0 spiro atoms. The molecule has 0 amide bonds. The predicted octanol–water partition coefficient (Wildman–Crippen LogP) is 1.46. The second kappa shape index (κ2) is 3.75. The Kier molecular flexibility index (Phi) is 2.55. The summed E-state index contributed by atoms with van der Waals surface area (Å²) in [5.41, 5.74) is -0.412. The fraction of sp³-hybridized carbons (Fsp3) is 0.455. The van der Waals surface area contributed by atoms with Gasteiger partial charge in [-0.15, -0.1) is 0 Å². The number of carbonyl (C=O) groups excluding carboxylic acids is 1. The van der Waals surface area contributed by atoms with E-state index < -0.39 is 11.6 Å². The van der Waals surface area contributed by atoms with Crippen LogP contribution in [0.3, 0.4) is 0 Å². The first-order valence-corrected chi connectivity index (χ1v) is 5.13. The van der Waals surface area contributed by atoms with Crippen molar-refractivity contribution < 1.29 is 19.4 Å². The van der Waals surface area contributed by atoms with Crippen LogP contribution in [0.15, 0.2) is 12.3 Å². The Labute approximate surface area is 92.4 Å². The van der Waals surface area contributed by atoms with Crippen molar-refractivity contribution in [3.8, 4) is 0 Å². The highest BCUT2D eigenvalue weighted by atomic mass is 16.5. The molecule has 1 atom stereocenters. The first-order valence-electron chi connectivity index (χ1n) is 5.13. The monoisotopic (exact) mass is 223 g/mol. The third-order valence-corrected chi connectivity index (χ3v) is 2.87. The maximum Gasteiger partial charge on any atom is 0.352 e. The molecule has 1 aromatic rings. The van der Waals surface area contributed by atoms with Crippen molar-refractivity contribution >= 4 is 11.8 Å². The van der Waals surface area contributed by atoms with Gasteiger partial charge in [-0.25, -0.2) is 4.79 Å². The lowest BCUT2D eigenvalue weighted by molar-refractivity contribution is 0.0213. The first-order chi connectivity index (χ1) is 7.53. The second-order valence-corrected chi connectivity index (χ2v) is 4.12. The zero-order chi connectivity index (χ0) is 11.8. The lowest BCUT2D eigenvalue weighted by Crippen LogP contribution is -2.34. The highest BCUT2D eigenvalue weighted by Crippen LogP contribution is 2.29. The molecule has 16 heavy (non-hydrogen) atoms. The van der Waals surface area contributed by atoms with Crippen LogP contribution in [0.4, 0.5) is 0 Å². The molecule has 0 aromatic carbocycles. The van der Waals surface area contributed by atoms with Gasteiger partial charge in [-0.1, -0.05) is 0 Å². The van der Waals surface area contributed by atoms with Gasteiger partial charge in [-0.05, 0) is 25.8 Å². The molecule has 0 radical (unpaired) electrons. The fourth-order valence-electron chi connectivity index (χ4n) is 1.91. The third kappa shape index (κ3) is 1.74. The lowest BCUT2D eigenvalue weighted by Gasteiger charge is -2.20. The molecule has 1 aromatic heterocycles. The number of ketones is 1. The molecule has 1 aliphatic heterocycles. The summed E-state index contributed by atoms with van der Waals surface area (Å²) in [6, 6.07) is 1.34. The Hall–Kier alpha value is -1.62. The molecule has 2 N–H and O–H groups in total. The Morgan fingerprint density at radius 2 is 2.31 bits per heavy atom. The molecule has 2 heterocycles. The van der Waals surface area contributed by atoms with E-state index in [-0.39, 0.29) is 11.5 Å². The van der Waals surface area contributed by atoms with E-state index in [1.165, 1.54) is 12.3 Å². The van der Waals surface area contributed by atoms with E-state index in [9.17, 15) is 9.59 Å². The molecule has 1 aliphatic rings. The number of aromatic nitrogens is 1. The van der Waals surface area contributed by atoms with Gasteiger partial charge in [-0.2, -0.15) is 0 Å². The van der Waals surface area contributed by atoms with Crippen LogP contribution in [-0.4, -0.2) is 34.1 Å². The van der Waals surface area contributed by atoms with E-state index in [0.29, 0.717) is 18.6 Å². The Morgan fingerprint density at radius 3 is 2.81 bits per heavy atom. The summed E-state index contributed by atoms with van der Waals surface area (Å²) in [5, 5.41) is 8.74. The number of aromatic amines is 1. The number of ether oxygens (including phenoxy) is 1. The van der Waals surface area contributed by atoms with Crippen LogP contribution < -0.4 is 0 Å². The molecule has 5 nitrogen and oxygen atoms in total. The number of nitrogens with one attached hydrogen (secondary N) is 1. The second-order valence-electron chi connectivity index (χ2n) is 4.12. The molecule has 5 heteroatoms. The molecule has 0 aliphatic carbocycles. The summed E-state index contributed by atoms with van der Waals surface area (Å²) in [4.78, 5) is 25.3. The first kappa shape index (κ1) is 10.9. The maximum atomic E-state index is 12.1. The van der Waals surface area contributed by atoms with Gasteiger partial charge in [-0.3, -0.25) is 4.79 Å². The summed E-state index contributed by atoms with van der Waals surface area (Å²) >= 11 is 0. The average Bonchev–Trinajstić information content (AvgIpc) is 2.85. The van der Waals surface area contributed by atoms with Gasteiger partial charge in [0.1, 0.15) is 11.3 Å². The highest BCUT2D eigenvalue weighted by Gasteiger charge is 2.38. The smallest absolute Gasteiger partial charge is 0.352 e. The molecule has 1 saturated heterocycles. The van der Waals surface area contributed by atoms with Gasteiger partial charge in [0.2, 0.25) is 0 Å². The van der Waals surface area contributed by atoms with Crippen LogP contribution in [0, 0.1) is 0 Å². The molecule has 0 saturated carbocycles. The number of hydrogen-bond acceptors (Lipinski definition) is 3. The van der Waals surface area contributed by atoms with Crippen molar-refractivity contribution in [1.29, 1.82) is 0 Å². The lowest BCUT2D eigenvalue weighted by atomic mass is 9.93. The average molecular weight is 223 g/mol. The predicted molar refractivity (Wildman–Crippen MR) is 55.7 cm³/mol. The molecular formula is C11H13NO4. The third-order valence-electron chi connectivity index (χ3n) is 2.87. The van der Waals surface area contributed by atoms with Crippen molar-refractivity contribution in [2.24, 2.45) is 0 Å². The van der Waals surface area contributed by atoms with Crippen LogP contribution >= 0.6 is 0 Å². The maximum absolute atomic E-state index is 12.1. The quantitative estimate of drug-likeness (QED) is 0.760. The van der Waals surface area contributed by atoms with Gasteiger partial charge >= 0.3 is 5.97 Å². The Bertz CT molecular complexity index is 429. The zero-order valence-electron chi connectivity index (χ0n) is 8.95. The van der Waals surface area contributed by atoms with Crippen LogP contribution in [0.25, 0.3) is 0 Å². The number of H-pyrrole nitrogens is 1. The number of carbonyl (C=O) groups is 2.